The number of fused-ring (bicyclic) bond motifs is 1. The van der Waals surface area contributed by atoms with E-state index in [1.54, 1.807) is 0 Å². The van der Waals surface area contributed by atoms with Gasteiger partial charge in [-0.3, -0.25) is 4.68 Å². The Labute approximate surface area is 124 Å². The summed E-state index contributed by atoms with van der Waals surface area (Å²) < 4.78 is 1.95. The molecule has 3 rings (SSSR count). The minimum absolute atomic E-state index is 0.826. The smallest absolute Gasteiger partial charge is 0.156 e. The summed E-state index contributed by atoms with van der Waals surface area (Å²) >= 11 is 0. The number of aromatic nitrogens is 4. The molecule has 0 aliphatic heterocycles. The normalized spacial score (nSPS) is 11.0. The third-order valence-electron chi connectivity index (χ3n) is 3.39. The van der Waals surface area contributed by atoms with Gasteiger partial charge in [0.05, 0.1) is 6.20 Å². The molecule has 5 nitrogen and oxygen atoms in total. The first-order valence-electron chi connectivity index (χ1n) is 7.35. The second-order valence-corrected chi connectivity index (χ2v) is 4.97. The Morgan fingerprint density at radius 2 is 1.90 bits per heavy atom. The molecule has 0 aliphatic carbocycles. The fraction of sp³-hybridized carbons (Fsp3) is 0.312. The van der Waals surface area contributed by atoms with Gasteiger partial charge in [0, 0.05) is 35.6 Å². The molecule has 2 aromatic heterocycles. The molecule has 3 aromatic rings. The third-order valence-corrected chi connectivity index (χ3v) is 3.39. The topological polar surface area (TPSA) is 55.6 Å². The van der Waals surface area contributed by atoms with E-state index < -0.39 is 0 Å². The molecular weight excluding hydrogens is 262 g/mol. The average molecular weight is 281 g/mol. The number of hydrogen-bond acceptors (Lipinski definition) is 4. The average Bonchev–Trinajstić information content (AvgIpc) is 2.97. The Bertz CT molecular complexity index is 747. The van der Waals surface area contributed by atoms with Crippen LogP contribution in [0.1, 0.15) is 20.3 Å². The first kappa shape index (κ1) is 13.5. The Morgan fingerprint density at radius 3 is 2.67 bits per heavy atom. The molecule has 0 radical (unpaired) electrons. The Balaban J connectivity index is 2.12. The van der Waals surface area contributed by atoms with Gasteiger partial charge in [-0.1, -0.05) is 31.2 Å². The molecule has 0 amide bonds. The van der Waals surface area contributed by atoms with Crippen LogP contribution in [-0.2, 0) is 6.54 Å². The molecule has 0 saturated carbocycles. The molecule has 108 valence electrons. The maximum atomic E-state index is 4.40. The Kier molecular flexibility index (Phi) is 3.81. The van der Waals surface area contributed by atoms with E-state index in [9.17, 15) is 0 Å². The van der Waals surface area contributed by atoms with Gasteiger partial charge in [-0.15, -0.1) is 10.2 Å². The van der Waals surface area contributed by atoms with Gasteiger partial charge in [-0.25, -0.2) is 0 Å². The van der Waals surface area contributed by atoms with E-state index in [1.165, 1.54) is 0 Å². The van der Waals surface area contributed by atoms with Crippen LogP contribution in [0.3, 0.4) is 0 Å². The van der Waals surface area contributed by atoms with Crippen molar-refractivity contribution in [2.24, 2.45) is 0 Å². The lowest BCUT2D eigenvalue weighted by atomic mass is 10.1. The van der Waals surface area contributed by atoms with E-state index in [4.69, 9.17) is 0 Å². The molecule has 0 unspecified atom stereocenters. The second-order valence-electron chi connectivity index (χ2n) is 4.97. The van der Waals surface area contributed by atoms with Gasteiger partial charge in [-0.05, 0) is 13.3 Å². The number of nitrogens with zero attached hydrogens (tertiary/aromatic N) is 4. The molecule has 0 fully saturated rings. The number of aryl methyl sites for hydroxylation is 1. The maximum absolute atomic E-state index is 4.40. The van der Waals surface area contributed by atoms with E-state index in [0.29, 0.717) is 0 Å². The van der Waals surface area contributed by atoms with Crippen LogP contribution in [-0.4, -0.2) is 26.5 Å². The highest BCUT2D eigenvalue weighted by atomic mass is 15.3. The van der Waals surface area contributed by atoms with Gasteiger partial charge in [0.25, 0.3) is 0 Å². The van der Waals surface area contributed by atoms with E-state index in [1.807, 2.05) is 29.2 Å². The summed E-state index contributed by atoms with van der Waals surface area (Å²) in [4.78, 5) is 0. The predicted molar refractivity (Wildman–Crippen MR) is 85.2 cm³/mol. The molecule has 0 bridgehead atoms. The van der Waals surface area contributed by atoms with Crippen LogP contribution in [0.4, 0.5) is 5.82 Å². The molecule has 0 spiro atoms. The summed E-state index contributed by atoms with van der Waals surface area (Å²) in [6, 6.07) is 8.20. The van der Waals surface area contributed by atoms with Crippen molar-refractivity contribution < 1.29 is 0 Å². The standard InChI is InChI=1S/C16H19N5/c1-3-9-21-11-12(10-18-21)15-13-7-5-6-8-14(13)16(17-4-2)20-19-15/h5-8,10-11H,3-4,9H2,1-2H3,(H,17,20). The zero-order chi connectivity index (χ0) is 14.7. The number of rotatable bonds is 5. The third kappa shape index (κ3) is 2.59. The van der Waals surface area contributed by atoms with E-state index in [-0.39, 0.29) is 0 Å². The van der Waals surface area contributed by atoms with Crippen molar-refractivity contribution in [3.05, 3.63) is 36.7 Å². The molecule has 2 heterocycles. The second kappa shape index (κ2) is 5.91. The number of anilines is 1. The Hall–Kier alpha value is -2.43. The van der Waals surface area contributed by atoms with Crippen LogP contribution in [0.5, 0.6) is 0 Å². The van der Waals surface area contributed by atoms with E-state index in [2.05, 4.69) is 46.6 Å². The highest BCUT2D eigenvalue weighted by Gasteiger charge is 2.11. The van der Waals surface area contributed by atoms with Crippen molar-refractivity contribution in [2.75, 3.05) is 11.9 Å². The lowest BCUT2D eigenvalue weighted by molar-refractivity contribution is 0.603. The minimum atomic E-state index is 0.826. The van der Waals surface area contributed by atoms with E-state index in [0.717, 1.165) is 47.4 Å². The molecule has 0 aliphatic rings. The summed E-state index contributed by atoms with van der Waals surface area (Å²) in [6.45, 7) is 5.94. The van der Waals surface area contributed by atoms with Crippen molar-refractivity contribution in [3.8, 4) is 11.3 Å². The van der Waals surface area contributed by atoms with Crippen LogP contribution < -0.4 is 5.32 Å². The minimum Gasteiger partial charge on any atom is -0.368 e. The largest absolute Gasteiger partial charge is 0.368 e. The fourth-order valence-electron chi connectivity index (χ4n) is 2.45. The van der Waals surface area contributed by atoms with Crippen LogP contribution in [0.25, 0.3) is 22.0 Å². The predicted octanol–water partition coefficient (Wildman–Crippen LogP) is 3.34. The first-order valence-corrected chi connectivity index (χ1v) is 7.35. The van der Waals surface area contributed by atoms with Gasteiger partial charge < -0.3 is 5.32 Å². The van der Waals surface area contributed by atoms with Crippen LogP contribution >= 0.6 is 0 Å². The molecular formula is C16H19N5. The Morgan fingerprint density at radius 1 is 1.10 bits per heavy atom. The van der Waals surface area contributed by atoms with Crippen LogP contribution in [0.15, 0.2) is 36.7 Å². The van der Waals surface area contributed by atoms with Gasteiger partial charge >= 0.3 is 0 Å². The van der Waals surface area contributed by atoms with Crippen molar-refractivity contribution >= 4 is 16.6 Å². The maximum Gasteiger partial charge on any atom is 0.156 e. The van der Waals surface area contributed by atoms with Crippen molar-refractivity contribution in [1.29, 1.82) is 0 Å². The first-order chi connectivity index (χ1) is 10.3. The number of nitrogens with one attached hydrogen (secondary N) is 1. The van der Waals surface area contributed by atoms with E-state index >= 15 is 0 Å². The lowest BCUT2D eigenvalue weighted by Gasteiger charge is -2.08. The van der Waals surface area contributed by atoms with Crippen LogP contribution in [0, 0.1) is 0 Å². The van der Waals surface area contributed by atoms with Crippen molar-refractivity contribution in [1.82, 2.24) is 20.0 Å². The number of benzene rings is 1. The van der Waals surface area contributed by atoms with Crippen molar-refractivity contribution in [3.63, 3.8) is 0 Å². The molecule has 0 atom stereocenters. The number of hydrogen-bond donors (Lipinski definition) is 1. The summed E-state index contributed by atoms with van der Waals surface area (Å²) in [7, 11) is 0. The van der Waals surface area contributed by atoms with Crippen molar-refractivity contribution in [2.45, 2.75) is 26.8 Å². The monoisotopic (exact) mass is 281 g/mol. The van der Waals surface area contributed by atoms with Crippen LogP contribution in [0.2, 0.25) is 0 Å². The molecule has 1 N–H and O–H groups in total. The quantitative estimate of drug-likeness (QED) is 0.779. The fourth-order valence-corrected chi connectivity index (χ4v) is 2.45. The zero-order valence-corrected chi connectivity index (χ0v) is 12.4. The van der Waals surface area contributed by atoms with Gasteiger partial charge in [-0.2, -0.15) is 5.10 Å². The lowest BCUT2D eigenvalue weighted by Crippen LogP contribution is -2.02. The summed E-state index contributed by atoms with van der Waals surface area (Å²) in [5.41, 5.74) is 1.89. The molecule has 21 heavy (non-hydrogen) atoms. The molecule has 0 saturated heterocycles. The van der Waals surface area contributed by atoms with Gasteiger partial charge in [0.15, 0.2) is 5.82 Å². The highest BCUT2D eigenvalue weighted by Crippen LogP contribution is 2.29. The summed E-state index contributed by atoms with van der Waals surface area (Å²) in [5, 5.41) is 18.6. The SMILES string of the molecule is CCCn1cc(-c2nnc(NCC)c3ccccc23)cn1. The zero-order valence-electron chi connectivity index (χ0n) is 12.4. The van der Waals surface area contributed by atoms with Gasteiger partial charge in [0.1, 0.15) is 5.69 Å². The molecule has 1 aromatic carbocycles. The van der Waals surface area contributed by atoms with Gasteiger partial charge in [0.2, 0.25) is 0 Å². The highest BCUT2D eigenvalue weighted by molar-refractivity contribution is 5.99. The molecule has 5 heteroatoms. The summed E-state index contributed by atoms with van der Waals surface area (Å²) in [6.07, 6.45) is 4.96. The summed E-state index contributed by atoms with van der Waals surface area (Å²) in [5.74, 6) is 0.831.